The van der Waals surface area contributed by atoms with Crippen molar-refractivity contribution in [3.63, 3.8) is 0 Å². The molecule has 1 fully saturated rings. The van der Waals surface area contributed by atoms with Gasteiger partial charge in [-0.25, -0.2) is 9.59 Å². The summed E-state index contributed by atoms with van der Waals surface area (Å²) in [4.78, 5) is 24.1. The molecule has 0 saturated carbocycles. The molecule has 0 radical (unpaired) electrons. The smallest absolute Gasteiger partial charge is 0.415 e. The third-order valence-corrected chi connectivity index (χ3v) is 3.06. The second-order valence-electron chi connectivity index (χ2n) is 4.39. The summed E-state index contributed by atoms with van der Waals surface area (Å²) in [6.45, 7) is 4.19. The molecule has 1 aromatic carbocycles. The number of para-hydroxylation sites is 1. The Balaban J connectivity index is 2.26. The molecule has 0 aromatic heterocycles. The molecule has 1 aromatic rings. The minimum Gasteiger partial charge on any atom is -0.479 e. The fourth-order valence-electron chi connectivity index (χ4n) is 2.19. The van der Waals surface area contributed by atoms with E-state index in [2.05, 4.69) is 0 Å². The summed E-state index contributed by atoms with van der Waals surface area (Å²) < 4.78 is 4.91. The molecule has 1 N–H and O–H groups in total. The lowest BCUT2D eigenvalue weighted by Gasteiger charge is -2.31. The highest BCUT2D eigenvalue weighted by Gasteiger charge is 2.33. The third kappa shape index (κ3) is 2.16. The van der Waals surface area contributed by atoms with E-state index < -0.39 is 18.2 Å². The number of benzene rings is 1. The lowest BCUT2D eigenvalue weighted by atomic mass is 10.1. The SMILES string of the molecule is Cc1cccc(C)c1N1CCC(C(=O)O)OC1=O. The summed E-state index contributed by atoms with van der Waals surface area (Å²) in [5, 5.41) is 8.83. The van der Waals surface area contributed by atoms with Gasteiger partial charge in [-0.1, -0.05) is 18.2 Å². The number of cyclic esters (lactones) is 1. The van der Waals surface area contributed by atoms with E-state index in [1.165, 1.54) is 4.90 Å². The standard InChI is InChI=1S/C13H15NO4/c1-8-4-3-5-9(2)11(8)14-7-6-10(12(15)16)18-13(14)17/h3-5,10H,6-7H2,1-2H3,(H,15,16). The van der Waals surface area contributed by atoms with Crippen LogP contribution in [-0.2, 0) is 9.53 Å². The van der Waals surface area contributed by atoms with E-state index in [0.29, 0.717) is 13.0 Å². The molecule has 1 unspecified atom stereocenters. The Labute approximate surface area is 105 Å². The Morgan fingerprint density at radius 3 is 2.50 bits per heavy atom. The van der Waals surface area contributed by atoms with Crippen molar-refractivity contribution in [2.45, 2.75) is 26.4 Å². The molecule has 18 heavy (non-hydrogen) atoms. The number of aliphatic carboxylic acids is 1. The number of hydrogen-bond acceptors (Lipinski definition) is 3. The summed E-state index contributed by atoms with van der Waals surface area (Å²) in [6.07, 6.45) is -1.32. The molecular weight excluding hydrogens is 234 g/mol. The van der Waals surface area contributed by atoms with Crippen LogP contribution in [0.2, 0.25) is 0 Å². The summed E-state index contributed by atoms with van der Waals surface area (Å²) in [6, 6.07) is 5.75. The van der Waals surface area contributed by atoms with Gasteiger partial charge in [-0.15, -0.1) is 0 Å². The van der Waals surface area contributed by atoms with Crippen molar-refractivity contribution in [1.82, 2.24) is 0 Å². The average molecular weight is 249 g/mol. The van der Waals surface area contributed by atoms with E-state index in [4.69, 9.17) is 9.84 Å². The first-order valence-corrected chi connectivity index (χ1v) is 5.78. The number of ether oxygens (including phenoxy) is 1. The van der Waals surface area contributed by atoms with Crippen LogP contribution in [0.3, 0.4) is 0 Å². The summed E-state index contributed by atoms with van der Waals surface area (Å²) in [7, 11) is 0. The molecule has 1 amide bonds. The fraction of sp³-hybridized carbons (Fsp3) is 0.385. The summed E-state index contributed by atoms with van der Waals surface area (Å²) in [5.74, 6) is -1.09. The Hall–Kier alpha value is -2.04. The topological polar surface area (TPSA) is 66.8 Å². The van der Waals surface area contributed by atoms with E-state index in [1.807, 2.05) is 32.0 Å². The van der Waals surface area contributed by atoms with Gasteiger partial charge in [0.15, 0.2) is 0 Å². The predicted octanol–water partition coefficient (Wildman–Crippen LogP) is 2.10. The number of aryl methyl sites for hydroxylation is 2. The minimum absolute atomic E-state index is 0.300. The average Bonchev–Trinajstić information content (AvgIpc) is 2.30. The van der Waals surface area contributed by atoms with Gasteiger partial charge in [0.2, 0.25) is 6.10 Å². The maximum Gasteiger partial charge on any atom is 0.415 e. The molecule has 1 heterocycles. The van der Waals surface area contributed by atoms with Crippen molar-refractivity contribution in [2.24, 2.45) is 0 Å². The largest absolute Gasteiger partial charge is 0.479 e. The van der Waals surface area contributed by atoms with Gasteiger partial charge in [0.25, 0.3) is 0 Å². The van der Waals surface area contributed by atoms with Crippen LogP contribution in [0.25, 0.3) is 0 Å². The Morgan fingerprint density at radius 2 is 2.00 bits per heavy atom. The number of carboxylic acid groups (broad SMARTS) is 1. The van der Waals surface area contributed by atoms with Crippen molar-refractivity contribution in [2.75, 3.05) is 11.4 Å². The van der Waals surface area contributed by atoms with Crippen molar-refractivity contribution >= 4 is 17.7 Å². The zero-order chi connectivity index (χ0) is 13.3. The summed E-state index contributed by atoms with van der Waals surface area (Å²) >= 11 is 0. The first-order valence-electron chi connectivity index (χ1n) is 5.78. The van der Waals surface area contributed by atoms with Crippen molar-refractivity contribution < 1.29 is 19.4 Å². The molecule has 0 aliphatic carbocycles. The van der Waals surface area contributed by atoms with Gasteiger partial charge in [0.1, 0.15) is 0 Å². The number of carboxylic acids is 1. The molecule has 1 saturated heterocycles. The van der Waals surface area contributed by atoms with Gasteiger partial charge in [-0.05, 0) is 25.0 Å². The van der Waals surface area contributed by atoms with E-state index in [0.717, 1.165) is 16.8 Å². The molecule has 0 bridgehead atoms. The highest BCUT2D eigenvalue weighted by atomic mass is 16.6. The lowest BCUT2D eigenvalue weighted by molar-refractivity contribution is -0.147. The normalized spacial score (nSPS) is 19.6. The maximum atomic E-state index is 11.9. The van der Waals surface area contributed by atoms with E-state index in [9.17, 15) is 9.59 Å². The molecule has 1 aliphatic rings. The van der Waals surface area contributed by atoms with Gasteiger partial charge in [-0.2, -0.15) is 0 Å². The van der Waals surface area contributed by atoms with Gasteiger partial charge in [-0.3, -0.25) is 4.90 Å². The van der Waals surface area contributed by atoms with Crippen LogP contribution < -0.4 is 4.90 Å². The number of anilines is 1. The number of hydrogen-bond donors (Lipinski definition) is 1. The molecular formula is C13H15NO4. The second-order valence-corrected chi connectivity index (χ2v) is 4.39. The molecule has 1 atom stereocenters. The lowest BCUT2D eigenvalue weighted by Crippen LogP contribution is -2.45. The van der Waals surface area contributed by atoms with Crippen LogP contribution in [0.1, 0.15) is 17.5 Å². The number of amides is 1. The van der Waals surface area contributed by atoms with Gasteiger partial charge in [0.05, 0.1) is 5.69 Å². The molecule has 5 nitrogen and oxygen atoms in total. The Kier molecular flexibility index (Phi) is 3.23. The van der Waals surface area contributed by atoms with Crippen LogP contribution in [0.15, 0.2) is 18.2 Å². The fourth-order valence-corrected chi connectivity index (χ4v) is 2.19. The molecule has 2 rings (SSSR count). The molecule has 0 spiro atoms. The minimum atomic E-state index is -1.09. The highest BCUT2D eigenvalue weighted by Crippen LogP contribution is 2.28. The van der Waals surface area contributed by atoms with Crippen LogP contribution in [-0.4, -0.2) is 29.8 Å². The van der Waals surface area contributed by atoms with Crippen LogP contribution in [0.4, 0.5) is 10.5 Å². The number of nitrogens with zero attached hydrogens (tertiary/aromatic N) is 1. The Morgan fingerprint density at radius 1 is 1.39 bits per heavy atom. The molecule has 5 heteroatoms. The zero-order valence-electron chi connectivity index (χ0n) is 10.3. The molecule has 96 valence electrons. The summed E-state index contributed by atoms with van der Waals surface area (Å²) in [5.41, 5.74) is 2.76. The van der Waals surface area contributed by atoms with Gasteiger partial charge >= 0.3 is 12.1 Å². The highest BCUT2D eigenvalue weighted by molar-refractivity contribution is 5.92. The first-order chi connectivity index (χ1) is 8.50. The zero-order valence-corrected chi connectivity index (χ0v) is 10.3. The van der Waals surface area contributed by atoms with Crippen LogP contribution in [0, 0.1) is 13.8 Å². The van der Waals surface area contributed by atoms with Crippen molar-refractivity contribution in [3.05, 3.63) is 29.3 Å². The van der Waals surface area contributed by atoms with Crippen LogP contribution in [0.5, 0.6) is 0 Å². The second kappa shape index (κ2) is 4.68. The number of rotatable bonds is 2. The van der Waals surface area contributed by atoms with E-state index >= 15 is 0 Å². The third-order valence-electron chi connectivity index (χ3n) is 3.06. The molecule has 1 aliphatic heterocycles. The van der Waals surface area contributed by atoms with Gasteiger partial charge in [0, 0.05) is 13.0 Å². The maximum absolute atomic E-state index is 11.9. The van der Waals surface area contributed by atoms with Crippen molar-refractivity contribution in [1.29, 1.82) is 0 Å². The van der Waals surface area contributed by atoms with E-state index in [1.54, 1.807) is 0 Å². The predicted molar refractivity (Wildman–Crippen MR) is 65.8 cm³/mol. The van der Waals surface area contributed by atoms with Gasteiger partial charge < -0.3 is 9.84 Å². The van der Waals surface area contributed by atoms with Crippen LogP contribution >= 0.6 is 0 Å². The number of carbonyl (C=O) groups excluding carboxylic acids is 1. The van der Waals surface area contributed by atoms with E-state index in [-0.39, 0.29) is 0 Å². The Bertz CT molecular complexity index is 478. The van der Waals surface area contributed by atoms with Crippen molar-refractivity contribution in [3.8, 4) is 0 Å². The number of carbonyl (C=O) groups is 2. The monoisotopic (exact) mass is 249 g/mol. The first kappa shape index (κ1) is 12.4. The quantitative estimate of drug-likeness (QED) is 0.871.